The highest BCUT2D eigenvalue weighted by atomic mass is 16.3. The van der Waals surface area contributed by atoms with Crippen LogP contribution in [0, 0.1) is 5.92 Å². The van der Waals surface area contributed by atoms with Crippen LogP contribution < -0.4 is 5.32 Å². The third-order valence-corrected chi connectivity index (χ3v) is 4.08. The molecular weight excluding hydrogens is 214 g/mol. The van der Waals surface area contributed by atoms with E-state index < -0.39 is 0 Å². The molecule has 0 spiro atoms. The average molecular weight is 237 g/mol. The van der Waals surface area contributed by atoms with Gasteiger partial charge in [-0.05, 0) is 31.6 Å². The maximum Gasteiger partial charge on any atom is 0.221 e. The van der Waals surface area contributed by atoms with Crippen LogP contribution in [0.1, 0.15) is 51.4 Å². The Morgan fingerprint density at radius 2 is 2.12 bits per heavy atom. The van der Waals surface area contributed by atoms with E-state index in [9.17, 15) is 9.90 Å². The predicted molar refractivity (Wildman–Crippen MR) is 67.5 cm³/mol. The standard InChI is InChI=1S/C14H23NO2/c16-11-14(8-4-1-5-9-14)15-13(17)10-12-6-2-3-7-12/h2,6,12,16H,1,3-5,7-11H2,(H,15,17). The molecule has 0 bridgehead atoms. The largest absolute Gasteiger partial charge is 0.394 e. The molecule has 0 aromatic rings. The van der Waals surface area contributed by atoms with Crippen LogP contribution in [0.3, 0.4) is 0 Å². The van der Waals surface area contributed by atoms with Crippen molar-refractivity contribution >= 4 is 5.91 Å². The van der Waals surface area contributed by atoms with Crippen molar-refractivity contribution in [2.75, 3.05) is 6.61 Å². The van der Waals surface area contributed by atoms with Crippen LogP contribution in [0.2, 0.25) is 0 Å². The molecule has 0 heterocycles. The van der Waals surface area contributed by atoms with Crippen LogP contribution in [-0.2, 0) is 4.79 Å². The van der Waals surface area contributed by atoms with Gasteiger partial charge in [-0.3, -0.25) is 4.79 Å². The highest BCUT2D eigenvalue weighted by molar-refractivity contribution is 5.77. The summed E-state index contributed by atoms with van der Waals surface area (Å²) in [6.45, 7) is 0.0826. The smallest absolute Gasteiger partial charge is 0.221 e. The van der Waals surface area contributed by atoms with Crippen molar-refractivity contribution in [2.24, 2.45) is 5.92 Å². The SMILES string of the molecule is O=C(CC1C=CCC1)NC1(CO)CCCCC1. The van der Waals surface area contributed by atoms with Crippen LogP contribution in [0.25, 0.3) is 0 Å². The third kappa shape index (κ3) is 3.32. The molecule has 0 radical (unpaired) electrons. The number of amides is 1. The van der Waals surface area contributed by atoms with Crippen molar-refractivity contribution in [2.45, 2.75) is 56.9 Å². The summed E-state index contributed by atoms with van der Waals surface area (Å²) in [4.78, 5) is 12.0. The molecule has 2 aliphatic carbocycles. The van der Waals surface area contributed by atoms with E-state index in [1.807, 2.05) is 0 Å². The fourth-order valence-corrected chi connectivity index (χ4v) is 3.00. The number of nitrogens with one attached hydrogen (secondary N) is 1. The van der Waals surface area contributed by atoms with Gasteiger partial charge in [0.25, 0.3) is 0 Å². The van der Waals surface area contributed by atoms with Gasteiger partial charge in [-0.1, -0.05) is 31.4 Å². The lowest BCUT2D eigenvalue weighted by atomic mass is 9.82. The molecule has 1 unspecified atom stereocenters. The van der Waals surface area contributed by atoms with Crippen LogP contribution >= 0.6 is 0 Å². The Bertz CT molecular complexity index is 293. The molecule has 0 saturated heterocycles. The van der Waals surface area contributed by atoms with Crippen molar-refractivity contribution in [1.29, 1.82) is 0 Å². The van der Waals surface area contributed by atoms with Crippen LogP contribution in [0.4, 0.5) is 0 Å². The zero-order valence-corrected chi connectivity index (χ0v) is 10.5. The third-order valence-electron chi connectivity index (χ3n) is 4.08. The van der Waals surface area contributed by atoms with Gasteiger partial charge in [-0.15, -0.1) is 0 Å². The van der Waals surface area contributed by atoms with Crippen LogP contribution in [-0.4, -0.2) is 23.2 Å². The number of carbonyl (C=O) groups is 1. The second kappa shape index (κ2) is 5.67. The summed E-state index contributed by atoms with van der Waals surface area (Å²) in [6, 6.07) is 0. The minimum absolute atomic E-state index is 0.0826. The molecule has 2 N–H and O–H groups in total. The summed E-state index contributed by atoms with van der Waals surface area (Å²) >= 11 is 0. The van der Waals surface area contributed by atoms with E-state index in [-0.39, 0.29) is 18.1 Å². The molecule has 1 saturated carbocycles. The number of carbonyl (C=O) groups excluding carboxylic acids is 1. The maximum absolute atomic E-state index is 12.0. The molecule has 0 aromatic carbocycles. The lowest BCUT2D eigenvalue weighted by Gasteiger charge is -2.36. The van der Waals surface area contributed by atoms with Crippen molar-refractivity contribution in [1.82, 2.24) is 5.32 Å². The lowest BCUT2D eigenvalue weighted by Crippen LogP contribution is -2.52. The molecule has 1 atom stereocenters. The number of aliphatic hydroxyl groups excluding tert-OH is 1. The summed E-state index contributed by atoms with van der Waals surface area (Å²) < 4.78 is 0. The Kier molecular flexibility index (Phi) is 4.21. The zero-order valence-electron chi connectivity index (χ0n) is 10.5. The fourth-order valence-electron chi connectivity index (χ4n) is 3.00. The van der Waals surface area contributed by atoms with Crippen LogP contribution in [0.15, 0.2) is 12.2 Å². The van der Waals surface area contributed by atoms with Gasteiger partial charge < -0.3 is 10.4 Å². The first-order valence-electron chi connectivity index (χ1n) is 6.83. The minimum atomic E-state index is -0.322. The van der Waals surface area contributed by atoms with Crippen molar-refractivity contribution in [3.8, 4) is 0 Å². The Labute approximate surface area is 103 Å². The van der Waals surface area contributed by atoms with Crippen molar-refractivity contribution in [3.05, 3.63) is 12.2 Å². The van der Waals surface area contributed by atoms with Gasteiger partial charge in [0.05, 0.1) is 12.1 Å². The molecule has 1 fully saturated rings. The minimum Gasteiger partial charge on any atom is -0.394 e. The lowest BCUT2D eigenvalue weighted by molar-refractivity contribution is -0.124. The molecule has 1 amide bonds. The second-order valence-corrected chi connectivity index (χ2v) is 5.52. The molecule has 3 nitrogen and oxygen atoms in total. The Balaban J connectivity index is 1.84. The van der Waals surface area contributed by atoms with E-state index in [0.29, 0.717) is 12.3 Å². The van der Waals surface area contributed by atoms with E-state index in [2.05, 4.69) is 17.5 Å². The summed E-state index contributed by atoms with van der Waals surface area (Å²) in [5.41, 5.74) is -0.322. The Hall–Kier alpha value is -0.830. The monoisotopic (exact) mass is 237 g/mol. The van der Waals surface area contributed by atoms with Crippen molar-refractivity contribution in [3.63, 3.8) is 0 Å². The highest BCUT2D eigenvalue weighted by Gasteiger charge is 2.33. The first-order chi connectivity index (χ1) is 8.24. The number of hydrogen-bond donors (Lipinski definition) is 2. The van der Waals surface area contributed by atoms with E-state index in [1.165, 1.54) is 6.42 Å². The Morgan fingerprint density at radius 1 is 1.35 bits per heavy atom. The topological polar surface area (TPSA) is 49.3 Å². The van der Waals surface area contributed by atoms with Gasteiger partial charge in [0.1, 0.15) is 0 Å². The second-order valence-electron chi connectivity index (χ2n) is 5.52. The normalized spacial score (nSPS) is 27.0. The highest BCUT2D eigenvalue weighted by Crippen LogP contribution is 2.28. The number of rotatable bonds is 4. The van der Waals surface area contributed by atoms with Gasteiger partial charge in [-0.25, -0.2) is 0 Å². The maximum atomic E-state index is 12.0. The summed E-state index contributed by atoms with van der Waals surface area (Å²) in [5.74, 6) is 0.520. The average Bonchev–Trinajstić information content (AvgIpc) is 2.83. The van der Waals surface area contributed by atoms with Gasteiger partial charge in [0, 0.05) is 6.42 Å². The number of aliphatic hydroxyl groups is 1. The molecule has 2 rings (SSSR count). The first kappa shape index (κ1) is 12.6. The van der Waals surface area contributed by atoms with E-state index >= 15 is 0 Å². The molecule has 96 valence electrons. The van der Waals surface area contributed by atoms with Gasteiger partial charge in [0.2, 0.25) is 5.91 Å². The van der Waals surface area contributed by atoms with E-state index in [0.717, 1.165) is 38.5 Å². The summed E-state index contributed by atoms with van der Waals surface area (Å²) in [5, 5.41) is 12.6. The van der Waals surface area contributed by atoms with Gasteiger partial charge in [0.15, 0.2) is 0 Å². The Morgan fingerprint density at radius 3 is 2.71 bits per heavy atom. The summed E-state index contributed by atoms with van der Waals surface area (Å²) in [6.07, 6.45) is 12.4. The van der Waals surface area contributed by atoms with Gasteiger partial charge in [-0.2, -0.15) is 0 Å². The predicted octanol–water partition coefficient (Wildman–Crippen LogP) is 2.15. The fraction of sp³-hybridized carbons (Fsp3) is 0.786. The first-order valence-corrected chi connectivity index (χ1v) is 6.83. The molecule has 17 heavy (non-hydrogen) atoms. The molecule has 0 aromatic heterocycles. The van der Waals surface area contributed by atoms with E-state index in [4.69, 9.17) is 0 Å². The summed E-state index contributed by atoms with van der Waals surface area (Å²) in [7, 11) is 0. The molecule has 2 aliphatic rings. The molecular formula is C14H23NO2. The van der Waals surface area contributed by atoms with Gasteiger partial charge >= 0.3 is 0 Å². The molecule has 3 heteroatoms. The quantitative estimate of drug-likeness (QED) is 0.736. The van der Waals surface area contributed by atoms with E-state index in [1.54, 1.807) is 0 Å². The van der Waals surface area contributed by atoms with Crippen molar-refractivity contribution < 1.29 is 9.90 Å². The van der Waals surface area contributed by atoms with Crippen LogP contribution in [0.5, 0.6) is 0 Å². The zero-order chi connectivity index (χ0) is 12.1. The number of hydrogen-bond acceptors (Lipinski definition) is 2. The number of allylic oxidation sites excluding steroid dienone is 2. The molecule has 0 aliphatic heterocycles.